The molecule has 3 aromatic carbocycles. The Morgan fingerprint density at radius 2 is 1.38 bits per heavy atom. The number of carbonyl (C=O) groups excluding carboxylic acids is 2. The average Bonchev–Trinajstić information content (AvgIpc) is 3.10. The lowest BCUT2D eigenvalue weighted by Crippen LogP contribution is -2.33. The lowest BCUT2D eigenvalue weighted by Gasteiger charge is -2.17. The standard InChI is InChI=1S/C25H20F3N3O2S/c26-18-5-1-16(2-6-18)14-29-25-31(15-17-3-7-19(27)8-4-17)24(33)22(34-25)13-23(32)30-21-11-9-20(28)10-12-21/h1-12,22H,13-15H2,(H,30,32)/t22-/m1/s1. The highest BCUT2D eigenvalue weighted by atomic mass is 32.2. The largest absolute Gasteiger partial charge is 0.326 e. The van der Waals surface area contributed by atoms with Crippen LogP contribution in [0.15, 0.2) is 77.8 Å². The van der Waals surface area contributed by atoms with Crippen LogP contribution in [0.4, 0.5) is 18.9 Å². The van der Waals surface area contributed by atoms with E-state index in [1.54, 1.807) is 24.3 Å². The third-order valence-corrected chi connectivity index (χ3v) is 6.30. The zero-order valence-corrected chi connectivity index (χ0v) is 18.7. The van der Waals surface area contributed by atoms with Crippen molar-refractivity contribution in [2.75, 3.05) is 5.32 Å². The minimum atomic E-state index is -0.701. The lowest BCUT2D eigenvalue weighted by molar-refractivity contribution is -0.128. The maximum Gasteiger partial charge on any atom is 0.242 e. The maximum absolute atomic E-state index is 13.3. The molecule has 1 aliphatic rings. The van der Waals surface area contributed by atoms with Gasteiger partial charge in [-0.25, -0.2) is 13.2 Å². The van der Waals surface area contributed by atoms with Gasteiger partial charge in [-0.3, -0.25) is 19.5 Å². The molecule has 1 fully saturated rings. The van der Waals surface area contributed by atoms with E-state index in [-0.39, 0.29) is 43.0 Å². The summed E-state index contributed by atoms with van der Waals surface area (Å²) in [7, 11) is 0. The molecule has 174 valence electrons. The van der Waals surface area contributed by atoms with Crippen LogP contribution in [0, 0.1) is 17.5 Å². The van der Waals surface area contributed by atoms with Crippen molar-refractivity contribution in [2.24, 2.45) is 4.99 Å². The second-order valence-electron chi connectivity index (χ2n) is 7.64. The summed E-state index contributed by atoms with van der Waals surface area (Å²) < 4.78 is 39.6. The first kappa shape index (κ1) is 23.6. The first-order chi connectivity index (χ1) is 16.4. The number of carbonyl (C=O) groups is 2. The molecule has 1 atom stereocenters. The molecule has 1 N–H and O–H groups in total. The molecule has 1 heterocycles. The molecule has 3 aromatic rings. The van der Waals surface area contributed by atoms with Crippen molar-refractivity contribution in [3.63, 3.8) is 0 Å². The van der Waals surface area contributed by atoms with E-state index in [0.717, 1.165) is 5.56 Å². The third kappa shape index (κ3) is 6.05. The van der Waals surface area contributed by atoms with Gasteiger partial charge in [0.2, 0.25) is 11.8 Å². The highest BCUT2D eigenvalue weighted by Gasteiger charge is 2.39. The molecule has 0 unspecified atom stereocenters. The van der Waals surface area contributed by atoms with E-state index in [2.05, 4.69) is 10.3 Å². The van der Waals surface area contributed by atoms with Gasteiger partial charge in [0.25, 0.3) is 0 Å². The fraction of sp³-hybridized carbons (Fsp3) is 0.160. The van der Waals surface area contributed by atoms with Crippen molar-refractivity contribution in [3.8, 4) is 0 Å². The number of anilines is 1. The molecule has 9 heteroatoms. The molecule has 1 saturated heterocycles. The molecule has 1 aliphatic heterocycles. The molecule has 0 saturated carbocycles. The number of nitrogens with one attached hydrogen (secondary N) is 1. The van der Waals surface area contributed by atoms with Gasteiger partial charge in [-0.1, -0.05) is 36.0 Å². The summed E-state index contributed by atoms with van der Waals surface area (Å²) in [5.74, 6) is -1.84. The molecule has 0 radical (unpaired) electrons. The fourth-order valence-corrected chi connectivity index (χ4v) is 4.48. The van der Waals surface area contributed by atoms with Crippen LogP contribution in [0.3, 0.4) is 0 Å². The van der Waals surface area contributed by atoms with Crippen molar-refractivity contribution in [2.45, 2.75) is 24.8 Å². The van der Waals surface area contributed by atoms with Crippen LogP contribution in [0.5, 0.6) is 0 Å². The first-order valence-corrected chi connectivity index (χ1v) is 11.3. The molecular formula is C25H20F3N3O2S. The van der Waals surface area contributed by atoms with E-state index in [9.17, 15) is 22.8 Å². The van der Waals surface area contributed by atoms with Gasteiger partial charge in [0.15, 0.2) is 5.17 Å². The normalized spacial score (nSPS) is 16.8. The van der Waals surface area contributed by atoms with Gasteiger partial charge in [0.05, 0.1) is 13.1 Å². The van der Waals surface area contributed by atoms with Crippen LogP contribution in [0.25, 0.3) is 0 Å². The zero-order valence-electron chi connectivity index (χ0n) is 17.9. The van der Waals surface area contributed by atoms with Gasteiger partial charge >= 0.3 is 0 Å². The molecule has 0 spiro atoms. The number of thioether (sulfide) groups is 1. The topological polar surface area (TPSA) is 61.8 Å². The number of amides is 2. The number of aliphatic imine (C=N–C) groups is 1. The Bertz CT molecular complexity index is 1200. The van der Waals surface area contributed by atoms with Gasteiger partial charge in [-0.05, 0) is 59.7 Å². The predicted octanol–water partition coefficient (Wildman–Crippen LogP) is 5.13. The highest BCUT2D eigenvalue weighted by molar-refractivity contribution is 8.15. The van der Waals surface area contributed by atoms with E-state index >= 15 is 0 Å². The molecule has 0 aromatic heterocycles. The van der Waals surface area contributed by atoms with Gasteiger partial charge in [0.1, 0.15) is 22.7 Å². The molecule has 34 heavy (non-hydrogen) atoms. The Morgan fingerprint density at radius 1 is 0.853 bits per heavy atom. The summed E-state index contributed by atoms with van der Waals surface area (Å²) in [5, 5.41) is 2.39. The van der Waals surface area contributed by atoms with Crippen molar-refractivity contribution < 1.29 is 22.8 Å². The van der Waals surface area contributed by atoms with Gasteiger partial charge in [-0.2, -0.15) is 0 Å². The summed E-state index contributed by atoms with van der Waals surface area (Å²) in [5.41, 5.74) is 1.90. The summed E-state index contributed by atoms with van der Waals surface area (Å²) >= 11 is 1.17. The summed E-state index contributed by atoms with van der Waals surface area (Å²) in [6.45, 7) is 0.398. The van der Waals surface area contributed by atoms with E-state index in [1.165, 1.54) is 65.2 Å². The monoisotopic (exact) mass is 483 g/mol. The molecule has 2 amide bonds. The van der Waals surface area contributed by atoms with Crippen molar-refractivity contribution in [1.82, 2.24) is 4.90 Å². The van der Waals surface area contributed by atoms with Crippen LogP contribution in [0.2, 0.25) is 0 Å². The van der Waals surface area contributed by atoms with Gasteiger partial charge in [-0.15, -0.1) is 0 Å². The number of amidine groups is 1. The first-order valence-electron chi connectivity index (χ1n) is 10.4. The van der Waals surface area contributed by atoms with E-state index in [4.69, 9.17) is 0 Å². The number of benzene rings is 3. The second kappa shape index (κ2) is 10.6. The summed E-state index contributed by atoms with van der Waals surface area (Å²) in [4.78, 5) is 31.7. The number of halogens is 3. The van der Waals surface area contributed by atoms with Crippen LogP contribution in [-0.2, 0) is 22.7 Å². The van der Waals surface area contributed by atoms with Crippen LogP contribution in [0.1, 0.15) is 17.5 Å². The fourth-order valence-electron chi connectivity index (χ4n) is 3.34. The molecule has 0 bridgehead atoms. The minimum Gasteiger partial charge on any atom is -0.326 e. The van der Waals surface area contributed by atoms with E-state index in [0.29, 0.717) is 16.4 Å². The van der Waals surface area contributed by atoms with Crippen LogP contribution >= 0.6 is 11.8 Å². The van der Waals surface area contributed by atoms with Crippen molar-refractivity contribution in [1.29, 1.82) is 0 Å². The summed E-state index contributed by atoms with van der Waals surface area (Å²) in [6, 6.07) is 17.0. The molecule has 0 aliphatic carbocycles. The number of rotatable bonds is 7. The number of hydrogen-bond donors (Lipinski definition) is 1. The third-order valence-electron chi connectivity index (χ3n) is 5.08. The Kier molecular flexibility index (Phi) is 7.32. The van der Waals surface area contributed by atoms with E-state index < -0.39 is 11.1 Å². The average molecular weight is 484 g/mol. The summed E-state index contributed by atoms with van der Waals surface area (Å²) in [6.07, 6.45) is -0.101. The predicted molar refractivity (Wildman–Crippen MR) is 126 cm³/mol. The number of hydrogen-bond acceptors (Lipinski definition) is 4. The van der Waals surface area contributed by atoms with Crippen LogP contribution < -0.4 is 5.32 Å². The highest BCUT2D eigenvalue weighted by Crippen LogP contribution is 2.31. The lowest BCUT2D eigenvalue weighted by atomic mass is 10.2. The minimum absolute atomic E-state index is 0.101. The maximum atomic E-state index is 13.3. The van der Waals surface area contributed by atoms with Gasteiger partial charge < -0.3 is 5.32 Å². The van der Waals surface area contributed by atoms with Crippen molar-refractivity contribution >= 4 is 34.4 Å². The Balaban J connectivity index is 1.50. The van der Waals surface area contributed by atoms with Gasteiger partial charge in [0, 0.05) is 12.1 Å². The second-order valence-corrected chi connectivity index (χ2v) is 8.81. The molecule has 4 rings (SSSR count). The molecule has 5 nitrogen and oxygen atoms in total. The smallest absolute Gasteiger partial charge is 0.242 e. The SMILES string of the molecule is O=C(C[C@H]1SC(=NCc2ccc(F)cc2)N(Cc2ccc(F)cc2)C1=O)Nc1ccc(F)cc1. The molecular weight excluding hydrogens is 463 g/mol. The Labute approximate surface area is 198 Å². The van der Waals surface area contributed by atoms with E-state index in [1.807, 2.05) is 0 Å². The van der Waals surface area contributed by atoms with Crippen molar-refractivity contribution in [3.05, 3.63) is 101 Å². The van der Waals surface area contributed by atoms with Crippen LogP contribution in [-0.4, -0.2) is 27.1 Å². The zero-order chi connectivity index (χ0) is 24.1. The Morgan fingerprint density at radius 3 is 1.97 bits per heavy atom. The Hall–Kier alpha value is -3.59. The number of nitrogens with zero attached hydrogens (tertiary/aromatic N) is 2. The quantitative estimate of drug-likeness (QED) is 0.507.